The number of carbonyl (C=O) groups is 1. The molecule has 0 saturated carbocycles. The average Bonchev–Trinajstić information content (AvgIpc) is 2.03. The van der Waals surface area contributed by atoms with Gasteiger partial charge in [-0.2, -0.15) is 0 Å². The summed E-state index contributed by atoms with van der Waals surface area (Å²) in [5, 5.41) is 13.5. The highest BCUT2D eigenvalue weighted by Gasteiger charge is 1.72. The minimum Gasteiger partial charge on any atom is -0.481 e. The zero-order chi connectivity index (χ0) is 12.3. The number of hydrogen-bond donors (Lipinski definition) is 4. The fraction of sp³-hybridized carbons (Fsp3) is 0.200. The summed E-state index contributed by atoms with van der Waals surface area (Å²) in [7, 11) is 0. The van der Waals surface area contributed by atoms with Gasteiger partial charge in [0.05, 0.1) is 0 Å². The van der Waals surface area contributed by atoms with Crippen molar-refractivity contribution in [2.24, 2.45) is 11.5 Å². The molecule has 6 N–H and O–H groups in total. The van der Waals surface area contributed by atoms with Crippen molar-refractivity contribution >= 4 is 11.9 Å². The third kappa shape index (κ3) is 33.4. The van der Waals surface area contributed by atoms with E-state index < -0.39 is 5.97 Å². The van der Waals surface area contributed by atoms with E-state index in [1.54, 1.807) is 0 Å². The fourth-order valence-electron chi connectivity index (χ4n) is 0.534. The zero-order valence-corrected chi connectivity index (χ0v) is 8.90. The van der Waals surface area contributed by atoms with E-state index in [9.17, 15) is 0 Å². The molecule has 5 nitrogen and oxygen atoms in total. The van der Waals surface area contributed by atoms with Crippen molar-refractivity contribution < 1.29 is 9.90 Å². The standard InChI is InChI=1S/C7H8.C2H4O2.CH5N3/c1-7-5-3-2-4-6-7;1-2(3)4;2-1(3)4/h2-6H,1H3;1H3,(H,3,4);(H5,2,3,4). The number of hydrogen-bond acceptors (Lipinski definition) is 2. The normalized spacial score (nSPS) is 7.33. The van der Waals surface area contributed by atoms with Crippen LogP contribution in [0.25, 0.3) is 0 Å². The van der Waals surface area contributed by atoms with Gasteiger partial charge in [-0.05, 0) is 6.92 Å². The number of carboxylic acids is 1. The molecular weight excluding hydrogens is 194 g/mol. The number of benzene rings is 1. The molecule has 5 heteroatoms. The first-order chi connectivity index (χ1) is 6.86. The van der Waals surface area contributed by atoms with Gasteiger partial charge >= 0.3 is 0 Å². The lowest BCUT2D eigenvalue weighted by molar-refractivity contribution is -0.134. The number of rotatable bonds is 0. The quantitative estimate of drug-likeness (QED) is 0.377. The van der Waals surface area contributed by atoms with Gasteiger partial charge in [-0.3, -0.25) is 10.2 Å². The zero-order valence-electron chi connectivity index (χ0n) is 8.90. The molecule has 0 heterocycles. The topological polar surface area (TPSA) is 113 Å². The van der Waals surface area contributed by atoms with Crippen LogP contribution in [0.1, 0.15) is 12.5 Å². The Labute approximate surface area is 89.2 Å². The summed E-state index contributed by atoms with van der Waals surface area (Å²) in [4.78, 5) is 9.00. The van der Waals surface area contributed by atoms with Gasteiger partial charge in [0, 0.05) is 6.92 Å². The van der Waals surface area contributed by atoms with Crippen LogP contribution in [0.2, 0.25) is 0 Å². The maximum atomic E-state index is 9.00. The van der Waals surface area contributed by atoms with Gasteiger partial charge in [0.1, 0.15) is 0 Å². The van der Waals surface area contributed by atoms with Crippen molar-refractivity contribution in [3.05, 3.63) is 35.9 Å². The number of nitrogens with one attached hydrogen (secondary N) is 1. The molecule has 15 heavy (non-hydrogen) atoms. The van der Waals surface area contributed by atoms with Crippen LogP contribution < -0.4 is 11.5 Å². The highest BCUT2D eigenvalue weighted by Crippen LogP contribution is 1.92. The number of aliphatic carboxylic acids is 1. The Balaban J connectivity index is 0. The van der Waals surface area contributed by atoms with Gasteiger partial charge < -0.3 is 16.6 Å². The van der Waals surface area contributed by atoms with E-state index in [2.05, 4.69) is 30.5 Å². The van der Waals surface area contributed by atoms with Crippen LogP contribution in [-0.4, -0.2) is 17.0 Å². The summed E-state index contributed by atoms with van der Waals surface area (Å²) < 4.78 is 0. The Morgan fingerprint density at radius 2 is 1.53 bits per heavy atom. The first-order valence-corrected chi connectivity index (χ1v) is 4.17. The fourth-order valence-corrected chi connectivity index (χ4v) is 0.534. The number of carboxylic acid groups (broad SMARTS) is 1. The lowest BCUT2D eigenvalue weighted by atomic mass is 10.2. The molecule has 0 bridgehead atoms. The second kappa shape index (κ2) is 10.0. The molecule has 1 aromatic rings. The van der Waals surface area contributed by atoms with Crippen LogP contribution in [0.3, 0.4) is 0 Å². The Morgan fingerprint density at radius 3 is 1.67 bits per heavy atom. The van der Waals surface area contributed by atoms with E-state index in [0.717, 1.165) is 6.92 Å². The first-order valence-electron chi connectivity index (χ1n) is 4.17. The average molecular weight is 211 g/mol. The van der Waals surface area contributed by atoms with E-state index in [1.807, 2.05) is 18.2 Å². The van der Waals surface area contributed by atoms with Gasteiger partial charge in [0.15, 0.2) is 5.96 Å². The smallest absolute Gasteiger partial charge is 0.300 e. The second-order valence-electron chi connectivity index (χ2n) is 2.63. The van der Waals surface area contributed by atoms with E-state index in [0.29, 0.717) is 0 Å². The largest absolute Gasteiger partial charge is 0.481 e. The summed E-state index contributed by atoms with van der Waals surface area (Å²) >= 11 is 0. The first kappa shape index (κ1) is 15.4. The SMILES string of the molecule is CC(=O)O.Cc1ccccc1.N=C(N)N. The molecule has 0 fully saturated rings. The maximum Gasteiger partial charge on any atom is 0.300 e. The van der Waals surface area contributed by atoms with Crippen molar-refractivity contribution in [2.45, 2.75) is 13.8 Å². The predicted octanol–water partition coefficient (Wildman–Crippen LogP) is 0.924. The summed E-state index contributed by atoms with van der Waals surface area (Å²) in [6.45, 7) is 3.17. The molecule has 0 aliphatic carbocycles. The molecule has 1 aromatic carbocycles. The number of nitrogens with two attached hydrogens (primary N) is 2. The maximum absolute atomic E-state index is 9.00. The lowest BCUT2D eigenvalue weighted by Gasteiger charge is -1.82. The summed E-state index contributed by atoms with van der Waals surface area (Å²) in [6.07, 6.45) is 0. The second-order valence-corrected chi connectivity index (χ2v) is 2.63. The molecule has 0 spiro atoms. The Morgan fingerprint density at radius 1 is 1.27 bits per heavy atom. The van der Waals surface area contributed by atoms with Crippen molar-refractivity contribution in [1.82, 2.24) is 0 Å². The molecule has 0 aromatic heterocycles. The Hall–Kier alpha value is -2.04. The molecular formula is C10H17N3O2. The third-order valence-corrected chi connectivity index (χ3v) is 0.940. The van der Waals surface area contributed by atoms with Crippen LogP contribution in [0, 0.1) is 12.3 Å². The van der Waals surface area contributed by atoms with Crippen LogP contribution in [0.15, 0.2) is 30.3 Å². The van der Waals surface area contributed by atoms with Crippen molar-refractivity contribution in [2.75, 3.05) is 0 Å². The molecule has 0 atom stereocenters. The van der Waals surface area contributed by atoms with E-state index in [1.165, 1.54) is 5.56 Å². The number of aryl methyl sites for hydroxylation is 1. The van der Waals surface area contributed by atoms with Gasteiger partial charge in [-0.25, -0.2) is 0 Å². The van der Waals surface area contributed by atoms with E-state index >= 15 is 0 Å². The van der Waals surface area contributed by atoms with Crippen molar-refractivity contribution in [3.63, 3.8) is 0 Å². The number of guanidine groups is 1. The van der Waals surface area contributed by atoms with Crippen molar-refractivity contribution in [1.29, 1.82) is 5.41 Å². The Kier molecular flexibility index (Phi) is 10.3. The molecule has 1 rings (SSSR count). The summed E-state index contributed by atoms with van der Waals surface area (Å²) in [5.41, 5.74) is 10.3. The molecule has 0 amide bonds. The van der Waals surface area contributed by atoms with Gasteiger partial charge in [0.2, 0.25) is 0 Å². The molecule has 0 unspecified atom stereocenters. The molecule has 0 aliphatic heterocycles. The molecule has 0 aliphatic rings. The van der Waals surface area contributed by atoms with Crippen LogP contribution in [0.5, 0.6) is 0 Å². The lowest BCUT2D eigenvalue weighted by Crippen LogP contribution is -2.20. The minimum atomic E-state index is -0.833. The highest BCUT2D eigenvalue weighted by molar-refractivity contribution is 5.71. The van der Waals surface area contributed by atoms with E-state index in [4.69, 9.17) is 15.3 Å². The van der Waals surface area contributed by atoms with Crippen molar-refractivity contribution in [3.8, 4) is 0 Å². The Bertz CT molecular complexity index is 266. The third-order valence-electron chi connectivity index (χ3n) is 0.940. The van der Waals surface area contributed by atoms with Gasteiger partial charge in [0.25, 0.3) is 5.97 Å². The summed E-state index contributed by atoms with van der Waals surface area (Å²) in [6, 6.07) is 10.3. The predicted molar refractivity (Wildman–Crippen MR) is 60.6 cm³/mol. The van der Waals surface area contributed by atoms with Gasteiger partial charge in [-0.15, -0.1) is 0 Å². The molecule has 0 saturated heterocycles. The van der Waals surface area contributed by atoms with Crippen LogP contribution >= 0.6 is 0 Å². The van der Waals surface area contributed by atoms with Crippen LogP contribution in [0.4, 0.5) is 0 Å². The van der Waals surface area contributed by atoms with Crippen LogP contribution in [-0.2, 0) is 4.79 Å². The summed E-state index contributed by atoms with van der Waals surface area (Å²) in [5.74, 6) is -1.17. The molecule has 84 valence electrons. The van der Waals surface area contributed by atoms with Gasteiger partial charge in [-0.1, -0.05) is 35.9 Å². The van der Waals surface area contributed by atoms with E-state index in [-0.39, 0.29) is 5.96 Å². The monoisotopic (exact) mass is 211 g/mol. The highest BCUT2D eigenvalue weighted by atomic mass is 16.4. The molecule has 0 radical (unpaired) electrons. The minimum absolute atomic E-state index is 0.333.